The molecule has 0 radical (unpaired) electrons. The normalized spacial score (nSPS) is 16.2. The number of pyridine rings is 1. The molecule has 12 aromatic rings. The first-order valence-electron chi connectivity index (χ1n) is 40.2. The first-order valence-corrected chi connectivity index (χ1v) is 40.2. The molecule has 5 aliphatic heterocycles. The number of hydrogen-bond acceptors (Lipinski definition) is 18. The second-order valence-corrected chi connectivity index (χ2v) is 31.5. The molecule has 632 valence electrons. The molecule has 121 heavy (non-hydrogen) atoms. The Morgan fingerprint density at radius 3 is 1.37 bits per heavy atom. The first-order chi connectivity index (χ1) is 58.0. The van der Waals surface area contributed by atoms with Gasteiger partial charge in [-0.05, 0) is 85.7 Å². The zero-order valence-electron chi connectivity index (χ0n) is 68.1. The molecule has 1 unspecified atom stereocenters. The molecule has 2 aliphatic carbocycles. The Labute approximate surface area is 691 Å². The minimum absolute atomic E-state index is 0.00323. The van der Waals surface area contributed by atoms with Crippen LogP contribution in [0.25, 0.3) is 44.6 Å². The van der Waals surface area contributed by atoms with Crippen molar-refractivity contribution >= 4 is 69.6 Å². The van der Waals surface area contributed by atoms with Crippen molar-refractivity contribution in [3.63, 3.8) is 0 Å². The second-order valence-electron chi connectivity index (χ2n) is 31.5. The van der Waals surface area contributed by atoms with E-state index in [9.17, 15) is 45.5 Å². The molecule has 4 N–H and O–H groups in total. The fourth-order valence-corrected chi connectivity index (χ4v) is 16.0. The Hall–Kier alpha value is -13.0. The van der Waals surface area contributed by atoms with Gasteiger partial charge in [-0.25, -0.2) is 4.39 Å². The van der Waals surface area contributed by atoms with E-state index in [2.05, 4.69) is 97.5 Å². The Balaban J connectivity index is 0.000000120. The molecule has 30 nitrogen and oxygen atoms in total. The molecule has 7 aliphatic rings. The molecular formula is C84H92F7N25O5. The maximum Gasteiger partial charge on any atom is 0.435 e. The van der Waals surface area contributed by atoms with Crippen LogP contribution in [0.3, 0.4) is 0 Å². The summed E-state index contributed by atoms with van der Waals surface area (Å²) in [5.41, 5.74) is 14.8. The number of carbonyl (C=O) groups is 4. The van der Waals surface area contributed by atoms with Crippen molar-refractivity contribution < 1.29 is 54.6 Å². The number of rotatable bonds is 16. The number of alkyl halides is 6. The van der Waals surface area contributed by atoms with Crippen LogP contribution in [0.2, 0.25) is 0 Å². The number of aryl methyl sites for hydroxylation is 4. The average Bonchev–Trinajstić information content (AvgIpc) is 1.63. The summed E-state index contributed by atoms with van der Waals surface area (Å²) in [5, 5.41) is 47.8. The van der Waals surface area contributed by atoms with E-state index in [1.165, 1.54) is 86.7 Å². The molecule has 19 rings (SSSR count). The van der Waals surface area contributed by atoms with Crippen LogP contribution in [0.4, 0.5) is 76.8 Å². The number of amides is 4. The molecule has 3 fully saturated rings. The van der Waals surface area contributed by atoms with Crippen molar-refractivity contribution in [3.8, 4) is 44.6 Å². The third-order valence-corrected chi connectivity index (χ3v) is 22.6. The number of anilines is 8. The van der Waals surface area contributed by atoms with Gasteiger partial charge in [0.1, 0.15) is 6.54 Å². The summed E-state index contributed by atoms with van der Waals surface area (Å²) in [6, 6.07) is 25.7. The summed E-state index contributed by atoms with van der Waals surface area (Å²) in [5.74, 6) is 1.94. The zero-order valence-corrected chi connectivity index (χ0v) is 68.1. The fourth-order valence-electron chi connectivity index (χ4n) is 16.0. The fraction of sp³-hybridized carbons (Fsp3) is 0.393. The van der Waals surface area contributed by atoms with E-state index in [-0.39, 0.29) is 65.4 Å². The van der Waals surface area contributed by atoms with Gasteiger partial charge < -0.3 is 45.6 Å². The van der Waals surface area contributed by atoms with Crippen molar-refractivity contribution in [1.82, 2.24) is 103 Å². The van der Waals surface area contributed by atoms with E-state index < -0.39 is 30.4 Å². The number of ether oxygens (including phenoxy) is 1. The molecule has 3 aromatic carbocycles. The van der Waals surface area contributed by atoms with Gasteiger partial charge in [-0.3, -0.25) is 61.6 Å². The number of aromatic nitrogens is 17. The maximum absolute atomic E-state index is 15.2. The molecule has 0 bridgehead atoms. The molecular weight excluding hydrogens is 1570 g/mol. The summed E-state index contributed by atoms with van der Waals surface area (Å²) >= 11 is 0. The molecule has 2 saturated carbocycles. The standard InChI is InChI=1S/C22H24F3N7O2.2C21H24N6O.C20H20F4N6O/c1-13(33)31-7-5-19-17(11-31)21(29-32(19)15-6-8-34-12-15)27-14-3-4-18(26-9-14)16-10-30(2)28-20(16)22(23,24)25;1-14(28)26-10-9-20-19(13-26)21(24-27(20)18-7-8-18)23-17-5-3-15(4-6-17)16-11-22-25(2)12-16;1-14(28)26-9-8-20-19(13-26)21(24-27(20)18-6-7-18)23-17-5-3-4-15(10-17)16-11-22-25(2)12-16;1-12(31)29-7-6-17-15(10-29)19(27-30(17)11-20(22,23)24)26-16-5-3-4-14(18(16)21)13-8-25-28(2)9-13/h3-4,9-10,15H,5-8,11-12H2,1-2H3,(H,27,29);3-6,11-12,18H,7-10,13H2,1-2H3,(H,23,24);3-5,10-12,18H,6-9,13H2,1-2H3,(H,23,24);3-5,8-9H,6-7,10-11H2,1-2H3,(H,26,27). The maximum atomic E-state index is 15.2. The first kappa shape index (κ1) is 81.8. The number of fused-ring (bicyclic) bond motifs is 4. The monoisotopic (exact) mass is 1660 g/mol. The van der Waals surface area contributed by atoms with Crippen molar-refractivity contribution in [3.05, 3.63) is 185 Å². The molecule has 9 aromatic heterocycles. The average molecular weight is 1660 g/mol. The summed E-state index contributed by atoms with van der Waals surface area (Å²) in [7, 11) is 6.99. The number of nitrogens with zero attached hydrogens (tertiary/aromatic N) is 21. The second kappa shape index (κ2) is 33.7. The predicted octanol–water partition coefficient (Wildman–Crippen LogP) is 13.5. The van der Waals surface area contributed by atoms with Crippen LogP contribution >= 0.6 is 0 Å². The van der Waals surface area contributed by atoms with E-state index in [4.69, 9.17) is 20.0 Å². The highest BCUT2D eigenvalue weighted by Gasteiger charge is 2.40. The van der Waals surface area contributed by atoms with Gasteiger partial charge in [0, 0.05) is 218 Å². The van der Waals surface area contributed by atoms with Gasteiger partial charge in [0.05, 0.1) is 98.3 Å². The number of nitrogens with one attached hydrogen (secondary N) is 4. The molecule has 1 saturated heterocycles. The summed E-state index contributed by atoms with van der Waals surface area (Å²) in [6.45, 7) is 10.5. The van der Waals surface area contributed by atoms with E-state index in [1.54, 1.807) is 71.2 Å². The lowest BCUT2D eigenvalue weighted by atomic mass is 10.1. The highest BCUT2D eigenvalue weighted by Crippen LogP contribution is 2.44. The van der Waals surface area contributed by atoms with E-state index in [1.807, 2.05) is 65.5 Å². The van der Waals surface area contributed by atoms with Crippen LogP contribution in [-0.2, 0) is 117 Å². The molecule has 0 spiro atoms. The van der Waals surface area contributed by atoms with Crippen molar-refractivity contribution in [2.24, 2.45) is 28.2 Å². The predicted molar refractivity (Wildman–Crippen MR) is 436 cm³/mol. The van der Waals surface area contributed by atoms with Crippen LogP contribution in [0.1, 0.15) is 129 Å². The third kappa shape index (κ3) is 18.3. The van der Waals surface area contributed by atoms with Crippen molar-refractivity contribution in [2.45, 2.75) is 149 Å². The SMILES string of the molecule is CC(=O)N1CCc2c(c(Nc3ccc(-c4cn(C)nc4C(F)(F)F)nc3)nn2C2CCOC2)C1.CC(=O)N1CCc2c(c(Nc3ccc(-c4cnn(C)c4)cc3)nn2C2CC2)C1.CC(=O)N1CCc2c(c(Nc3cccc(-c4cnn(C)c4)c3)nn2C2CC2)C1.CC(=O)N1CCc2c(c(Nc3cccc(-c4cnn(C)c4)c3F)nn2CC(F)(F)F)C1. The quantitative estimate of drug-likeness (QED) is 0.0654. The number of benzene rings is 3. The molecule has 37 heteroatoms. The zero-order chi connectivity index (χ0) is 84.9. The van der Waals surface area contributed by atoms with Gasteiger partial charge in [0.2, 0.25) is 23.6 Å². The summed E-state index contributed by atoms with van der Waals surface area (Å²) in [6.07, 6.45) is 13.0. The molecule has 1 atom stereocenters. The van der Waals surface area contributed by atoms with Gasteiger partial charge >= 0.3 is 12.4 Å². The number of halogens is 7. The molecule has 4 amide bonds. The lowest BCUT2D eigenvalue weighted by Gasteiger charge is -2.27. The number of hydrogen-bond donors (Lipinski definition) is 4. The van der Waals surface area contributed by atoms with Gasteiger partial charge in [-0.2, -0.15) is 67.1 Å². The van der Waals surface area contributed by atoms with Gasteiger partial charge in [0.25, 0.3) is 0 Å². The van der Waals surface area contributed by atoms with Gasteiger partial charge in [-0.15, -0.1) is 0 Å². The highest BCUT2D eigenvalue weighted by molar-refractivity contribution is 5.79. The lowest BCUT2D eigenvalue weighted by Crippen LogP contribution is -2.35. The minimum atomic E-state index is -4.58. The number of carbonyl (C=O) groups excluding carboxylic acids is 4. The Bertz CT molecular complexity index is 5830. The van der Waals surface area contributed by atoms with Crippen LogP contribution < -0.4 is 21.3 Å². The van der Waals surface area contributed by atoms with Crippen molar-refractivity contribution in [1.29, 1.82) is 0 Å². The summed E-state index contributed by atoms with van der Waals surface area (Å²) in [4.78, 5) is 58.9. The van der Waals surface area contributed by atoms with Gasteiger partial charge in [-0.1, -0.05) is 36.4 Å². The van der Waals surface area contributed by atoms with E-state index >= 15 is 4.39 Å². The van der Waals surface area contributed by atoms with Crippen LogP contribution in [0.15, 0.2) is 128 Å². The lowest BCUT2D eigenvalue weighted by molar-refractivity contribution is -0.143. The van der Waals surface area contributed by atoms with Crippen molar-refractivity contribution in [2.75, 3.05) is 60.7 Å². The topological polar surface area (TPSA) is 294 Å². The Kier molecular flexibility index (Phi) is 22.8. The van der Waals surface area contributed by atoms with Crippen LogP contribution in [0, 0.1) is 5.82 Å². The largest absolute Gasteiger partial charge is 0.435 e. The third-order valence-electron chi connectivity index (χ3n) is 22.6. The highest BCUT2D eigenvalue weighted by atomic mass is 19.4. The van der Waals surface area contributed by atoms with Crippen LogP contribution in [0.5, 0.6) is 0 Å². The van der Waals surface area contributed by atoms with E-state index in [0.717, 1.165) is 109 Å². The van der Waals surface area contributed by atoms with Crippen LogP contribution in [-0.4, -0.2) is 172 Å². The Morgan fingerprint density at radius 2 is 0.909 bits per heavy atom. The smallest absolute Gasteiger partial charge is 0.379 e. The van der Waals surface area contributed by atoms with Gasteiger partial charge in [0.15, 0.2) is 34.8 Å². The Morgan fingerprint density at radius 1 is 0.446 bits per heavy atom. The molecule has 14 heterocycles. The van der Waals surface area contributed by atoms with E-state index in [0.29, 0.717) is 98.3 Å². The minimum Gasteiger partial charge on any atom is -0.379 e. The summed E-state index contributed by atoms with van der Waals surface area (Å²) < 4.78 is 113.